The highest BCUT2D eigenvalue weighted by Gasteiger charge is 2.24. The molecule has 0 radical (unpaired) electrons. The Morgan fingerprint density at radius 1 is 1.42 bits per heavy atom. The SMILES string of the molecule is CN(C)C1CCCC(NC(=O)NCC(CO)Cc2ccccn2)C1. The summed E-state index contributed by atoms with van der Waals surface area (Å²) in [7, 11) is 4.19. The molecule has 1 aromatic heterocycles. The Labute approximate surface area is 144 Å². The van der Waals surface area contributed by atoms with Crippen LogP contribution in [0.5, 0.6) is 0 Å². The van der Waals surface area contributed by atoms with Crippen molar-refractivity contribution in [3.05, 3.63) is 30.1 Å². The number of urea groups is 1. The Morgan fingerprint density at radius 3 is 2.92 bits per heavy atom. The molecule has 1 fully saturated rings. The first-order chi connectivity index (χ1) is 11.6. The highest BCUT2D eigenvalue weighted by molar-refractivity contribution is 5.74. The molecule has 0 spiro atoms. The van der Waals surface area contributed by atoms with Gasteiger partial charge in [0, 0.05) is 43.0 Å². The zero-order valence-corrected chi connectivity index (χ0v) is 14.7. The second-order valence-corrected chi connectivity index (χ2v) is 6.91. The molecular weight excluding hydrogens is 304 g/mol. The van der Waals surface area contributed by atoms with E-state index in [-0.39, 0.29) is 24.6 Å². The molecule has 2 amide bonds. The van der Waals surface area contributed by atoms with Crippen molar-refractivity contribution < 1.29 is 9.90 Å². The molecule has 1 aliphatic rings. The number of hydrogen-bond donors (Lipinski definition) is 3. The van der Waals surface area contributed by atoms with Gasteiger partial charge in [0.05, 0.1) is 0 Å². The average Bonchev–Trinajstić information content (AvgIpc) is 2.59. The molecule has 3 N–H and O–H groups in total. The van der Waals surface area contributed by atoms with Crippen LogP contribution in [-0.4, -0.2) is 60.4 Å². The molecule has 6 heteroatoms. The molecule has 0 aromatic carbocycles. The summed E-state index contributed by atoms with van der Waals surface area (Å²) in [6.45, 7) is 0.478. The van der Waals surface area contributed by atoms with E-state index in [2.05, 4.69) is 34.6 Å². The van der Waals surface area contributed by atoms with Crippen LogP contribution in [0.3, 0.4) is 0 Å². The van der Waals surface area contributed by atoms with Gasteiger partial charge < -0.3 is 20.6 Å². The number of amides is 2. The van der Waals surface area contributed by atoms with Gasteiger partial charge in [0.25, 0.3) is 0 Å². The molecule has 2 rings (SSSR count). The standard InChI is InChI=1S/C18H30N4O2/c1-22(2)17-8-5-7-16(11-17)21-18(24)20-12-14(13-23)10-15-6-3-4-9-19-15/h3-4,6,9,14,16-17,23H,5,7-8,10-13H2,1-2H3,(H2,20,21,24). The summed E-state index contributed by atoms with van der Waals surface area (Å²) in [4.78, 5) is 18.6. The van der Waals surface area contributed by atoms with Crippen LogP contribution in [0.2, 0.25) is 0 Å². The summed E-state index contributed by atoms with van der Waals surface area (Å²) in [5.41, 5.74) is 0.930. The van der Waals surface area contributed by atoms with E-state index in [1.54, 1.807) is 6.20 Å². The van der Waals surface area contributed by atoms with Gasteiger partial charge in [0.15, 0.2) is 0 Å². The fraction of sp³-hybridized carbons (Fsp3) is 0.667. The molecule has 1 saturated carbocycles. The molecule has 1 aromatic rings. The Kier molecular flexibility index (Phi) is 7.46. The van der Waals surface area contributed by atoms with E-state index in [0.29, 0.717) is 19.0 Å². The normalized spacial score (nSPS) is 22.2. The van der Waals surface area contributed by atoms with Crippen LogP contribution in [-0.2, 0) is 6.42 Å². The van der Waals surface area contributed by atoms with Gasteiger partial charge in [-0.25, -0.2) is 4.79 Å². The second kappa shape index (κ2) is 9.59. The number of carbonyl (C=O) groups is 1. The topological polar surface area (TPSA) is 77.5 Å². The Morgan fingerprint density at radius 2 is 2.25 bits per heavy atom. The molecule has 3 atom stereocenters. The highest BCUT2D eigenvalue weighted by Crippen LogP contribution is 2.21. The Balaban J connectivity index is 1.73. The first-order valence-corrected chi connectivity index (χ1v) is 8.80. The first-order valence-electron chi connectivity index (χ1n) is 8.80. The van der Waals surface area contributed by atoms with Crippen molar-refractivity contribution in [2.45, 2.75) is 44.2 Å². The van der Waals surface area contributed by atoms with E-state index in [9.17, 15) is 9.90 Å². The van der Waals surface area contributed by atoms with Crippen LogP contribution in [0.25, 0.3) is 0 Å². The van der Waals surface area contributed by atoms with Crippen molar-refractivity contribution in [1.29, 1.82) is 0 Å². The minimum absolute atomic E-state index is 0.0217. The molecule has 1 aliphatic carbocycles. The maximum Gasteiger partial charge on any atom is 0.315 e. The number of nitrogens with zero attached hydrogens (tertiary/aromatic N) is 2. The molecule has 6 nitrogen and oxygen atoms in total. The number of aliphatic hydroxyl groups excluding tert-OH is 1. The molecule has 24 heavy (non-hydrogen) atoms. The zero-order chi connectivity index (χ0) is 17.4. The summed E-state index contributed by atoms with van der Waals surface area (Å²) >= 11 is 0. The van der Waals surface area contributed by atoms with E-state index in [4.69, 9.17) is 0 Å². The third-order valence-corrected chi connectivity index (χ3v) is 4.75. The highest BCUT2D eigenvalue weighted by atomic mass is 16.3. The number of aliphatic hydroxyl groups is 1. The number of pyridine rings is 1. The van der Waals surface area contributed by atoms with E-state index < -0.39 is 0 Å². The van der Waals surface area contributed by atoms with E-state index in [0.717, 1.165) is 25.0 Å². The van der Waals surface area contributed by atoms with E-state index >= 15 is 0 Å². The van der Waals surface area contributed by atoms with Crippen LogP contribution in [0.4, 0.5) is 4.79 Å². The Hall–Kier alpha value is -1.66. The predicted molar refractivity (Wildman–Crippen MR) is 94.8 cm³/mol. The number of hydrogen-bond acceptors (Lipinski definition) is 4. The lowest BCUT2D eigenvalue weighted by Crippen LogP contribution is -2.48. The maximum atomic E-state index is 12.1. The fourth-order valence-corrected chi connectivity index (χ4v) is 3.25. The quantitative estimate of drug-likeness (QED) is 0.704. The van der Waals surface area contributed by atoms with Gasteiger partial charge in [0.1, 0.15) is 0 Å². The van der Waals surface area contributed by atoms with Crippen LogP contribution in [0, 0.1) is 5.92 Å². The van der Waals surface area contributed by atoms with Gasteiger partial charge in [-0.3, -0.25) is 4.98 Å². The van der Waals surface area contributed by atoms with E-state index in [1.807, 2.05) is 18.2 Å². The molecular formula is C18H30N4O2. The zero-order valence-electron chi connectivity index (χ0n) is 14.7. The van der Waals surface area contributed by atoms with Crippen molar-refractivity contribution in [1.82, 2.24) is 20.5 Å². The summed E-state index contributed by atoms with van der Waals surface area (Å²) in [5, 5.41) is 15.5. The monoisotopic (exact) mass is 334 g/mol. The molecule has 3 unspecified atom stereocenters. The largest absolute Gasteiger partial charge is 0.396 e. The van der Waals surface area contributed by atoms with Crippen LogP contribution in [0.1, 0.15) is 31.4 Å². The summed E-state index contributed by atoms with van der Waals surface area (Å²) < 4.78 is 0. The van der Waals surface area contributed by atoms with Gasteiger partial charge in [-0.05, 0) is 58.3 Å². The van der Waals surface area contributed by atoms with Crippen LogP contribution < -0.4 is 10.6 Å². The van der Waals surface area contributed by atoms with Gasteiger partial charge in [-0.2, -0.15) is 0 Å². The lowest BCUT2D eigenvalue weighted by atomic mass is 9.90. The Bertz CT molecular complexity index is 495. The van der Waals surface area contributed by atoms with Crippen molar-refractivity contribution >= 4 is 6.03 Å². The molecule has 0 bridgehead atoms. The van der Waals surface area contributed by atoms with Crippen molar-refractivity contribution in [2.75, 3.05) is 27.2 Å². The number of aromatic nitrogens is 1. The molecule has 1 heterocycles. The van der Waals surface area contributed by atoms with Crippen LogP contribution in [0.15, 0.2) is 24.4 Å². The molecule has 0 saturated heterocycles. The van der Waals surface area contributed by atoms with E-state index in [1.165, 1.54) is 6.42 Å². The minimum atomic E-state index is -0.140. The first kappa shape index (κ1) is 18.7. The maximum absolute atomic E-state index is 12.1. The number of carbonyl (C=O) groups excluding carboxylic acids is 1. The smallest absolute Gasteiger partial charge is 0.315 e. The van der Waals surface area contributed by atoms with Gasteiger partial charge in [-0.1, -0.05) is 6.07 Å². The molecule has 134 valence electrons. The summed E-state index contributed by atoms with van der Waals surface area (Å²) in [6, 6.07) is 6.37. The summed E-state index contributed by atoms with van der Waals surface area (Å²) in [6.07, 6.45) is 6.78. The van der Waals surface area contributed by atoms with Crippen molar-refractivity contribution in [2.24, 2.45) is 5.92 Å². The van der Waals surface area contributed by atoms with Crippen LogP contribution >= 0.6 is 0 Å². The number of rotatable bonds is 7. The van der Waals surface area contributed by atoms with Crippen molar-refractivity contribution in [3.63, 3.8) is 0 Å². The lowest BCUT2D eigenvalue weighted by Gasteiger charge is -2.33. The third-order valence-electron chi connectivity index (χ3n) is 4.75. The second-order valence-electron chi connectivity index (χ2n) is 6.91. The van der Waals surface area contributed by atoms with Crippen molar-refractivity contribution in [3.8, 4) is 0 Å². The van der Waals surface area contributed by atoms with Gasteiger partial charge >= 0.3 is 6.03 Å². The van der Waals surface area contributed by atoms with Gasteiger partial charge in [0.2, 0.25) is 0 Å². The summed E-state index contributed by atoms with van der Waals surface area (Å²) in [5.74, 6) is -0.0217. The minimum Gasteiger partial charge on any atom is -0.396 e. The fourth-order valence-electron chi connectivity index (χ4n) is 3.25. The third kappa shape index (κ3) is 6.09. The average molecular weight is 334 g/mol. The number of nitrogens with one attached hydrogen (secondary N) is 2. The lowest BCUT2D eigenvalue weighted by molar-refractivity contribution is 0.189. The van der Waals surface area contributed by atoms with Gasteiger partial charge in [-0.15, -0.1) is 0 Å². The predicted octanol–water partition coefficient (Wildman–Crippen LogP) is 1.40. The molecule has 0 aliphatic heterocycles.